The fourth-order valence-corrected chi connectivity index (χ4v) is 9.92. The molecule has 2 heterocycles. The van der Waals surface area contributed by atoms with Gasteiger partial charge in [0.25, 0.3) is 10.0 Å². The van der Waals surface area contributed by atoms with E-state index in [2.05, 4.69) is 31.3 Å². The first-order valence-electron chi connectivity index (χ1n) is 20.6. The number of carbonyl (C=O) groups is 2. The van der Waals surface area contributed by atoms with Crippen molar-refractivity contribution in [3.63, 3.8) is 0 Å². The molecule has 0 saturated carbocycles. The number of hydrogen-bond donors (Lipinski definition) is 2. The van der Waals surface area contributed by atoms with Gasteiger partial charge in [0.2, 0.25) is 10.2 Å². The van der Waals surface area contributed by atoms with Crippen LogP contribution in [-0.4, -0.2) is 79.5 Å². The van der Waals surface area contributed by atoms with Crippen LogP contribution in [0.3, 0.4) is 0 Å². The number of terminal acetylenes is 1. The van der Waals surface area contributed by atoms with Crippen LogP contribution >= 0.6 is 23.1 Å². The number of ether oxygens (including phenoxy) is 5. The van der Waals surface area contributed by atoms with Gasteiger partial charge in [-0.1, -0.05) is 59.7 Å². The predicted octanol–water partition coefficient (Wildman–Crippen LogP) is 7.29. The van der Waals surface area contributed by atoms with Crippen molar-refractivity contribution in [1.82, 2.24) is 30.0 Å². The Morgan fingerprint density at radius 1 is 0.864 bits per heavy atom. The van der Waals surface area contributed by atoms with Crippen molar-refractivity contribution in [2.75, 3.05) is 33.2 Å². The van der Waals surface area contributed by atoms with Crippen LogP contribution in [0.1, 0.15) is 23.7 Å². The lowest BCUT2D eigenvalue weighted by Gasteiger charge is -2.17. The Morgan fingerprint density at radius 3 is 2.30 bits per heavy atom. The van der Waals surface area contributed by atoms with E-state index in [-0.39, 0.29) is 43.0 Å². The third-order valence-electron chi connectivity index (χ3n) is 9.92. The third kappa shape index (κ3) is 12.5. The molecule has 340 valence electrons. The van der Waals surface area contributed by atoms with E-state index in [1.165, 1.54) is 16.4 Å². The lowest BCUT2D eigenvalue weighted by Crippen LogP contribution is -2.45. The Bertz CT molecular complexity index is 2930. The molecule has 7 rings (SSSR count). The second kappa shape index (κ2) is 22.3. The van der Waals surface area contributed by atoms with Crippen LogP contribution in [0.2, 0.25) is 0 Å². The van der Waals surface area contributed by atoms with Gasteiger partial charge in [-0.15, -0.1) is 22.9 Å². The number of hydrogen-bond acceptors (Lipinski definition) is 14. The summed E-state index contributed by atoms with van der Waals surface area (Å²) in [6.45, 7) is 1.87. The van der Waals surface area contributed by atoms with Crippen LogP contribution < -0.4 is 29.0 Å². The maximum atomic E-state index is 13.7. The second-order valence-corrected chi connectivity index (χ2v) is 18.5. The Balaban J connectivity index is 0.948. The zero-order chi connectivity index (χ0) is 46.5. The number of carbonyl (C=O) groups excluding carboxylic acids is 2. The van der Waals surface area contributed by atoms with Crippen molar-refractivity contribution in [2.24, 2.45) is 0 Å². The molecule has 0 aliphatic heterocycles. The molecule has 5 aromatic carbocycles. The quantitative estimate of drug-likeness (QED) is 0.0511. The first-order valence-corrected chi connectivity index (χ1v) is 24.0. The molecule has 2 aromatic heterocycles. The molecular weight excluding hydrogens is 901 g/mol. The smallest absolute Gasteiger partial charge is 0.329 e. The minimum Gasteiger partial charge on any atom is -0.497 e. The lowest BCUT2D eigenvalue weighted by molar-refractivity contribution is -0.146. The highest BCUT2D eigenvalue weighted by Crippen LogP contribution is 2.33. The fourth-order valence-electron chi connectivity index (χ4n) is 6.64. The number of methoxy groups -OCH3 is 2. The Labute approximate surface area is 390 Å². The van der Waals surface area contributed by atoms with Crippen molar-refractivity contribution >= 4 is 55.2 Å². The molecule has 1 amide bonds. The SMILES string of the molecule is C#CCOc1cccc(CSC[C@@H](NC(=O)Cn2cc(COc3ccc4nc(S(=O)(=O)NCc5ccc(-c6ccc(OC)cc6)cc5-c5ccc(OC)cc5)sc4c3)nn2)C(=O)OCC)c1. The Kier molecular flexibility index (Phi) is 15.9. The number of aromatic nitrogens is 4. The maximum Gasteiger partial charge on any atom is 0.329 e. The summed E-state index contributed by atoms with van der Waals surface area (Å²) in [5.41, 5.74) is 6.38. The molecule has 0 aliphatic carbocycles. The van der Waals surface area contributed by atoms with Gasteiger partial charge in [0.1, 0.15) is 54.5 Å². The normalized spacial score (nSPS) is 11.7. The highest BCUT2D eigenvalue weighted by Gasteiger charge is 2.24. The molecule has 0 radical (unpaired) electrons. The fraction of sp³-hybridized carbons (Fsp3) is 0.229. The van der Waals surface area contributed by atoms with Crippen LogP contribution in [0.5, 0.6) is 23.0 Å². The Morgan fingerprint density at radius 2 is 1.58 bits per heavy atom. The van der Waals surface area contributed by atoms with Gasteiger partial charge in [-0.25, -0.2) is 27.6 Å². The molecule has 0 unspecified atom stereocenters. The van der Waals surface area contributed by atoms with Crippen LogP contribution in [0, 0.1) is 12.3 Å². The zero-order valence-electron chi connectivity index (χ0n) is 36.3. The van der Waals surface area contributed by atoms with E-state index in [0.717, 1.165) is 50.5 Å². The van der Waals surface area contributed by atoms with Crippen LogP contribution in [0.15, 0.2) is 120 Å². The van der Waals surface area contributed by atoms with E-state index in [1.807, 2.05) is 91.0 Å². The van der Waals surface area contributed by atoms with E-state index in [9.17, 15) is 18.0 Å². The average molecular weight is 947 g/mol. The van der Waals surface area contributed by atoms with Gasteiger partial charge >= 0.3 is 5.97 Å². The van der Waals surface area contributed by atoms with Crippen molar-refractivity contribution in [1.29, 1.82) is 0 Å². The highest BCUT2D eigenvalue weighted by molar-refractivity contribution is 7.98. The number of nitrogens with zero attached hydrogens (tertiary/aromatic N) is 4. The molecule has 18 heteroatoms. The summed E-state index contributed by atoms with van der Waals surface area (Å²) in [6.07, 6.45) is 6.86. The second-order valence-electron chi connectivity index (χ2n) is 14.5. The maximum absolute atomic E-state index is 13.7. The molecule has 0 saturated heterocycles. The van der Waals surface area contributed by atoms with Crippen LogP contribution in [0.25, 0.3) is 32.5 Å². The summed E-state index contributed by atoms with van der Waals surface area (Å²) in [5, 5.41) is 10.9. The number of nitrogens with one attached hydrogen (secondary N) is 2. The summed E-state index contributed by atoms with van der Waals surface area (Å²) in [6, 6.07) is 33.0. The number of thiazole rings is 1. The minimum absolute atomic E-state index is 0.0174. The van der Waals surface area contributed by atoms with Crippen molar-refractivity contribution in [3.8, 4) is 57.6 Å². The molecule has 0 fully saturated rings. The average Bonchev–Trinajstić information content (AvgIpc) is 3.99. The topological polar surface area (TPSA) is 182 Å². The predicted molar refractivity (Wildman–Crippen MR) is 254 cm³/mol. The summed E-state index contributed by atoms with van der Waals surface area (Å²) >= 11 is 2.48. The molecule has 0 spiro atoms. The van der Waals surface area contributed by atoms with Crippen molar-refractivity contribution < 1.29 is 41.7 Å². The molecule has 0 bridgehead atoms. The molecule has 66 heavy (non-hydrogen) atoms. The largest absolute Gasteiger partial charge is 0.497 e. The minimum atomic E-state index is -4.02. The van der Waals surface area contributed by atoms with Crippen molar-refractivity contribution in [3.05, 3.63) is 132 Å². The first kappa shape index (κ1) is 47.1. The molecule has 0 aliphatic rings. The van der Waals surface area contributed by atoms with E-state index in [1.54, 1.807) is 45.5 Å². The molecule has 2 N–H and O–H groups in total. The highest BCUT2D eigenvalue weighted by atomic mass is 32.2. The van der Waals surface area contributed by atoms with Gasteiger partial charge in [0.15, 0.2) is 0 Å². The van der Waals surface area contributed by atoms with E-state index >= 15 is 0 Å². The van der Waals surface area contributed by atoms with Crippen LogP contribution in [-0.2, 0) is 49.8 Å². The molecule has 1 atom stereocenters. The zero-order valence-corrected chi connectivity index (χ0v) is 38.7. The summed E-state index contributed by atoms with van der Waals surface area (Å²) in [5.74, 6) is 4.85. The van der Waals surface area contributed by atoms with E-state index in [0.29, 0.717) is 38.9 Å². The molecule has 15 nitrogen and oxygen atoms in total. The monoisotopic (exact) mass is 946 g/mol. The van der Waals surface area contributed by atoms with Crippen molar-refractivity contribution in [2.45, 2.75) is 42.8 Å². The van der Waals surface area contributed by atoms with E-state index in [4.69, 9.17) is 30.1 Å². The van der Waals surface area contributed by atoms with E-state index < -0.39 is 27.9 Å². The third-order valence-corrected chi connectivity index (χ3v) is 13.8. The number of sulfonamides is 1. The number of esters is 1. The van der Waals surface area contributed by atoms with Gasteiger partial charge in [0.05, 0.1) is 37.2 Å². The molecular formula is C48H46N6O9S3. The summed E-state index contributed by atoms with van der Waals surface area (Å²) in [4.78, 5) is 30.2. The summed E-state index contributed by atoms with van der Waals surface area (Å²) in [7, 11) is -0.792. The number of amides is 1. The lowest BCUT2D eigenvalue weighted by atomic mass is 9.94. The number of rotatable bonds is 22. The Hall–Kier alpha value is -6.91. The summed E-state index contributed by atoms with van der Waals surface area (Å²) < 4.78 is 59.4. The number of benzene rings is 5. The standard InChI is InChI=1S/C48H46N6O9S3/c1-5-22-62-40-9-7-8-32(23-40)30-64-31-44(47(56)61-6-2)50-46(55)28-54-27-37(52-53-54)29-63-41-20-21-43-45(25-41)65-48(51-43)66(57,58)49-26-36-11-10-35(33-12-16-38(59-3)17-13-33)24-42(36)34-14-18-39(60-4)19-15-34/h1,7-21,23-25,27,44,49H,6,22,26,28-31H2,2-4H3,(H,50,55)/t44-/m1/s1. The van der Waals surface area contributed by atoms with Gasteiger partial charge in [-0.2, -0.15) is 11.8 Å². The number of thioether (sulfide) groups is 1. The molecule has 7 aromatic rings. The first-order chi connectivity index (χ1) is 32.0. The number of fused-ring (bicyclic) bond motifs is 1. The van der Waals surface area contributed by atoms with Gasteiger partial charge in [-0.3, -0.25) is 4.79 Å². The van der Waals surface area contributed by atoms with Gasteiger partial charge in [0, 0.05) is 18.1 Å². The van der Waals surface area contributed by atoms with Crippen LogP contribution in [0.4, 0.5) is 0 Å². The van der Waals surface area contributed by atoms with Gasteiger partial charge in [-0.05, 0) is 101 Å². The van der Waals surface area contributed by atoms with Gasteiger partial charge < -0.3 is 29.0 Å².